The van der Waals surface area contributed by atoms with Gasteiger partial charge in [0.15, 0.2) is 0 Å². The number of carbonyl (C=O) groups is 1. The molecule has 1 aromatic rings. The Morgan fingerprint density at radius 3 is 2.42 bits per heavy atom. The molecule has 0 aromatic heterocycles. The SMILES string of the molecule is CSCC[C@H](N)C(=O)N1CCN(S(=O)(=O)c2ccc(F)cc2F)CC1.Cl. The topological polar surface area (TPSA) is 83.7 Å². The number of thioether (sulfide) groups is 1. The highest BCUT2D eigenvalue weighted by Crippen LogP contribution is 2.21. The van der Waals surface area contributed by atoms with E-state index in [0.29, 0.717) is 12.5 Å². The smallest absolute Gasteiger partial charge is 0.246 e. The molecule has 0 unspecified atom stereocenters. The van der Waals surface area contributed by atoms with Crippen LogP contribution in [0.15, 0.2) is 23.1 Å². The molecule has 1 heterocycles. The lowest BCUT2D eigenvalue weighted by atomic mass is 10.2. The fraction of sp³-hybridized carbons (Fsp3) is 0.533. The number of benzene rings is 1. The van der Waals surface area contributed by atoms with E-state index in [1.54, 1.807) is 11.8 Å². The lowest BCUT2D eigenvalue weighted by Crippen LogP contribution is -2.54. The van der Waals surface area contributed by atoms with Crippen molar-refractivity contribution >= 4 is 40.1 Å². The molecule has 2 N–H and O–H groups in total. The van der Waals surface area contributed by atoms with Crippen molar-refractivity contribution in [3.63, 3.8) is 0 Å². The van der Waals surface area contributed by atoms with Crippen molar-refractivity contribution in [3.8, 4) is 0 Å². The molecule has 1 aliphatic heterocycles. The van der Waals surface area contributed by atoms with Crippen molar-refractivity contribution in [2.24, 2.45) is 5.73 Å². The number of rotatable bonds is 6. The van der Waals surface area contributed by atoms with E-state index in [4.69, 9.17) is 5.73 Å². The van der Waals surface area contributed by atoms with Crippen LogP contribution in [0.2, 0.25) is 0 Å². The first-order valence-electron chi connectivity index (χ1n) is 7.76. The monoisotopic (exact) mass is 429 g/mol. The highest BCUT2D eigenvalue weighted by molar-refractivity contribution is 7.98. The zero-order valence-electron chi connectivity index (χ0n) is 14.2. The van der Waals surface area contributed by atoms with E-state index < -0.39 is 32.6 Å². The van der Waals surface area contributed by atoms with E-state index in [0.717, 1.165) is 22.2 Å². The van der Waals surface area contributed by atoms with Gasteiger partial charge in [0.25, 0.3) is 0 Å². The summed E-state index contributed by atoms with van der Waals surface area (Å²) >= 11 is 1.60. The third kappa shape index (κ3) is 5.29. The molecule has 0 radical (unpaired) electrons. The summed E-state index contributed by atoms with van der Waals surface area (Å²) in [6, 6.07) is 1.75. The van der Waals surface area contributed by atoms with Crippen LogP contribution < -0.4 is 5.73 Å². The van der Waals surface area contributed by atoms with Gasteiger partial charge in [-0.2, -0.15) is 16.1 Å². The Kier molecular flexibility index (Phi) is 8.74. The predicted molar refractivity (Wildman–Crippen MR) is 99.9 cm³/mol. The van der Waals surface area contributed by atoms with Crippen LogP contribution in [0, 0.1) is 11.6 Å². The summed E-state index contributed by atoms with van der Waals surface area (Å²) in [5, 5.41) is 0. The lowest BCUT2D eigenvalue weighted by Gasteiger charge is -2.35. The highest BCUT2D eigenvalue weighted by Gasteiger charge is 2.33. The number of hydrogen-bond acceptors (Lipinski definition) is 5. The van der Waals surface area contributed by atoms with Crippen molar-refractivity contribution in [1.29, 1.82) is 0 Å². The molecule has 1 fully saturated rings. The minimum Gasteiger partial charge on any atom is -0.339 e. The van der Waals surface area contributed by atoms with Gasteiger partial charge in [0, 0.05) is 32.2 Å². The van der Waals surface area contributed by atoms with Crippen molar-refractivity contribution in [1.82, 2.24) is 9.21 Å². The Hall–Kier alpha value is -0.940. The number of nitrogens with zero attached hydrogens (tertiary/aromatic N) is 2. The maximum atomic E-state index is 13.8. The van der Waals surface area contributed by atoms with Gasteiger partial charge in [-0.25, -0.2) is 17.2 Å². The predicted octanol–water partition coefficient (Wildman–Crippen LogP) is 1.30. The summed E-state index contributed by atoms with van der Waals surface area (Å²) in [6.07, 6.45) is 2.48. The molecule has 2 rings (SSSR count). The van der Waals surface area contributed by atoms with Gasteiger partial charge >= 0.3 is 0 Å². The zero-order valence-corrected chi connectivity index (χ0v) is 16.7. The molecule has 1 amide bonds. The number of carbonyl (C=O) groups excluding carboxylic acids is 1. The summed E-state index contributed by atoms with van der Waals surface area (Å²) in [5.41, 5.74) is 5.86. The summed E-state index contributed by atoms with van der Waals surface area (Å²) in [5.74, 6) is -1.41. The molecule has 6 nitrogen and oxygen atoms in total. The summed E-state index contributed by atoms with van der Waals surface area (Å²) in [4.78, 5) is 13.2. The molecule has 0 aliphatic carbocycles. The van der Waals surface area contributed by atoms with E-state index in [1.807, 2.05) is 6.26 Å². The summed E-state index contributed by atoms with van der Waals surface area (Å²) in [7, 11) is -4.07. The third-order valence-corrected chi connectivity index (χ3v) is 6.59. The molecule has 1 saturated heterocycles. The van der Waals surface area contributed by atoms with Gasteiger partial charge in [-0.1, -0.05) is 0 Å². The highest BCUT2D eigenvalue weighted by atomic mass is 35.5. The van der Waals surface area contributed by atoms with E-state index in [1.165, 1.54) is 4.90 Å². The average molecular weight is 430 g/mol. The molecule has 148 valence electrons. The maximum absolute atomic E-state index is 13.8. The van der Waals surface area contributed by atoms with Gasteiger partial charge in [-0.05, 0) is 30.6 Å². The first-order valence-corrected chi connectivity index (χ1v) is 10.6. The van der Waals surface area contributed by atoms with Crippen molar-refractivity contribution in [3.05, 3.63) is 29.8 Å². The number of halogens is 3. The largest absolute Gasteiger partial charge is 0.339 e. The molecular formula is C15H22ClF2N3O3S2. The van der Waals surface area contributed by atoms with Crippen LogP contribution >= 0.6 is 24.2 Å². The van der Waals surface area contributed by atoms with Crippen LogP contribution in [0.25, 0.3) is 0 Å². The second-order valence-corrected chi connectivity index (χ2v) is 8.58. The molecule has 1 aromatic carbocycles. The van der Waals surface area contributed by atoms with Crippen LogP contribution in [0.4, 0.5) is 8.78 Å². The molecule has 1 atom stereocenters. The van der Waals surface area contributed by atoms with Crippen LogP contribution in [-0.4, -0.2) is 67.8 Å². The minimum absolute atomic E-state index is 0. The number of piperazine rings is 1. The Labute approximate surface area is 162 Å². The van der Waals surface area contributed by atoms with Crippen molar-refractivity contribution in [2.75, 3.05) is 38.2 Å². The normalized spacial score (nSPS) is 16.8. The average Bonchev–Trinajstić information content (AvgIpc) is 2.58. The molecule has 0 saturated carbocycles. The van der Waals surface area contributed by atoms with Gasteiger partial charge in [0.2, 0.25) is 15.9 Å². The van der Waals surface area contributed by atoms with Gasteiger partial charge < -0.3 is 10.6 Å². The maximum Gasteiger partial charge on any atom is 0.246 e. The number of sulfonamides is 1. The van der Waals surface area contributed by atoms with Gasteiger partial charge in [-0.15, -0.1) is 12.4 Å². The molecule has 0 bridgehead atoms. The van der Waals surface area contributed by atoms with Crippen LogP contribution in [0.3, 0.4) is 0 Å². The standard InChI is InChI=1S/C15H21F2N3O3S2.ClH/c1-24-9-4-13(18)15(21)19-5-7-20(8-6-19)25(22,23)14-3-2-11(16)10-12(14)17;/h2-3,10,13H,4-9,18H2,1H3;1H/t13-;/m0./s1. The fourth-order valence-electron chi connectivity index (χ4n) is 2.58. The van der Waals surface area contributed by atoms with Crippen molar-refractivity contribution < 1.29 is 22.0 Å². The van der Waals surface area contributed by atoms with Gasteiger partial charge in [0.05, 0.1) is 6.04 Å². The third-order valence-electron chi connectivity index (χ3n) is 4.01. The van der Waals surface area contributed by atoms with Crippen molar-refractivity contribution in [2.45, 2.75) is 17.4 Å². The van der Waals surface area contributed by atoms with E-state index >= 15 is 0 Å². The second kappa shape index (κ2) is 9.84. The Morgan fingerprint density at radius 1 is 1.27 bits per heavy atom. The number of hydrogen-bond donors (Lipinski definition) is 1. The minimum atomic E-state index is -4.07. The van der Waals surface area contributed by atoms with E-state index in [9.17, 15) is 22.0 Å². The summed E-state index contributed by atoms with van der Waals surface area (Å²) < 4.78 is 52.9. The Bertz CT molecular complexity index is 729. The quantitative estimate of drug-likeness (QED) is 0.736. The molecular weight excluding hydrogens is 408 g/mol. The Balaban J connectivity index is 0.00000338. The number of nitrogens with two attached hydrogens (primary N) is 1. The zero-order chi connectivity index (χ0) is 18.6. The first kappa shape index (κ1) is 23.1. The molecule has 26 heavy (non-hydrogen) atoms. The molecule has 11 heteroatoms. The van der Waals surface area contributed by atoms with Crippen LogP contribution in [-0.2, 0) is 14.8 Å². The fourth-order valence-corrected chi connectivity index (χ4v) is 4.53. The first-order chi connectivity index (χ1) is 11.8. The second-order valence-electron chi connectivity index (χ2n) is 5.69. The van der Waals surface area contributed by atoms with Gasteiger partial charge in [0.1, 0.15) is 16.5 Å². The van der Waals surface area contributed by atoms with Crippen LogP contribution in [0.1, 0.15) is 6.42 Å². The molecule has 1 aliphatic rings. The van der Waals surface area contributed by atoms with E-state index in [-0.39, 0.29) is 44.5 Å². The van der Waals surface area contributed by atoms with Crippen LogP contribution in [0.5, 0.6) is 0 Å². The Morgan fingerprint density at radius 2 is 1.88 bits per heavy atom. The molecule has 0 spiro atoms. The number of amides is 1. The van der Waals surface area contributed by atoms with E-state index in [2.05, 4.69) is 0 Å². The lowest BCUT2D eigenvalue weighted by molar-refractivity contribution is -0.133. The van der Waals surface area contributed by atoms with Gasteiger partial charge in [-0.3, -0.25) is 4.79 Å². The summed E-state index contributed by atoms with van der Waals surface area (Å²) in [6.45, 7) is 0.460.